The van der Waals surface area contributed by atoms with Gasteiger partial charge in [-0.2, -0.15) is 0 Å². The molecule has 0 nitrogen and oxygen atoms in total. The van der Waals surface area contributed by atoms with E-state index in [4.69, 9.17) is 0 Å². The minimum absolute atomic E-state index is 0.0929. The molecule has 0 atom stereocenters. The van der Waals surface area contributed by atoms with Crippen molar-refractivity contribution in [1.29, 1.82) is 0 Å². The Balaban J connectivity index is 2.69. The molecule has 1 aliphatic carbocycles. The summed E-state index contributed by atoms with van der Waals surface area (Å²) < 4.78 is 0. The van der Waals surface area contributed by atoms with E-state index in [9.17, 15) is 0 Å². The average molecular weight is 166 g/mol. The molecule has 0 N–H and O–H groups in total. The molecule has 0 spiro atoms. The number of hydrogen-bond donors (Lipinski definition) is 0. The summed E-state index contributed by atoms with van der Waals surface area (Å²) in [5, 5.41) is 1.53. The maximum atomic E-state index is 2.37. The summed E-state index contributed by atoms with van der Waals surface area (Å²) in [4.78, 5) is 0. The van der Waals surface area contributed by atoms with Crippen LogP contribution in [0.5, 0.6) is 0 Å². The fourth-order valence-corrected chi connectivity index (χ4v) is 1.93. The van der Waals surface area contributed by atoms with Gasteiger partial charge in [0.2, 0.25) is 0 Å². The van der Waals surface area contributed by atoms with E-state index >= 15 is 0 Å². The van der Waals surface area contributed by atoms with E-state index in [2.05, 4.69) is 43.7 Å². The summed E-state index contributed by atoms with van der Waals surface area (Å²) in [6.45, 7) is 4.60. The summed E-state index contributed by atoms with van der Waals surface area (Å²) in [6, 6.07) is 0. The molecule has 0 saturated carbocycles. The van der Waals surface area contributed by atoms with E-state index in [-0.39, 0.29) is 7.92 Å². The maximum absolute atomic E-state index is 2.37. The van der Waals surface area contributed by atoms with E-state index in [1.807, 2.05) is 0 Å². The van der Waals surface area contributed by atoms with E-state index < -0.39 is 0 Å². The van der Waals surface area contributed by atoms with Crippen LogP contribution in [0.25, 0.3) is 0 Å². The molecular formula is C10H15P. The molecule has 60 valence electrons. The minimum atomic E-state index is 0.0929. The van der Waals surface area contributed by atoms with Crippen LogP contribution in [0.1, 0.15) is 12.8 Å². The smallest absolute Gasteiger partial charge is 0.0285 e. The van der Waals surface area contributed by atoms with Gasteiger partial charge in [-0.25, -0.2) is 0 Å². The van der Waals surface area contributed by atoms with Gasteiger partial charge in [0, 0.05) is 0 Å². The third-order valence-corrected chi connectivity index (χ3v) is 3.08. The van der Waals surface area contributed by atoms with Crippen molar-refractivity contribution in [1.82, 2.24) is 0 Å². The van der Waals surface area contributed by atoms with Gasteiger partial charge in [-0.05, 0) is 31.5 Å². The lowest BCUT2D eigenvalue weighted by atomic mass is 10.2. The molecule has 0 aliphatic heterocycles. The first-order valence-corrected chi connectivity index (χ1v) is 6.25. The largest absolute Gasteiger partial charge is 0.0842 e. The Bertz CT molecular complexity index is 197. The number of hydrogen-bond acceptors (Lipinski definition) is 0. The zero-order valence-electron chi connectivity index (χ0n) is 7.25. The first-order chi connectivity index (χ1) is 5.30. The van der Waals surface area contributed by atoms with Crippen molar-refractivity contribution in [3.8, 4) is 0 Å². The van der Waals surface area contributed by atoms with Crippen LogP contribution >= 0.6 is 7.92 Å². The molecule has 0 aromatic rings. The van der Waals surface area contributed by atoms with Crippen LogP contribution in [-0.4, -0.2) is 13.3 Å². The highest BCUT2D eigenvalue weighted by atomic mass is 31.1. The lowest BCUT2D eigenvalue weighted by Gasteiger charge is -2.07. The van der Waals surface area contributed by atoms with Gasteiger partial charge < -0.3 is 0 Å². The van der Waals surface area contributed by atoms with Crippen molar-refractivity contribution >= 4 is 7.92 Å². The predicted molar refractivity (Wildman–Crippen MR) is 54.4 cm³/mol. The summed E-state index contributed by atoms with van der Waals surface area (Å²) in [7, 11) is 0.0929. The lowest BCUT2D eigenvalue weighted by molar-refractivity contribution is 1.05. The Labute approximate surface area is 70.4 Å². The van der Waals surface area contributed by atoms with Crippen LogP contribution in [0.2, 0.25) is 0 Å². The first kappa shape index (κ1) is 8.74. The highest BCUT2D eigenvalue weighted by molar-refractivity contribution is 7.60. The van der Waals surface area contributed by atoms with Crippen LogP contribution < -0.4 is 0 Å². The molecule has 1 heteroatoms. The molecule has 0 amide bonds. The Morgan fingerprint density at radius 2 is 2.00 bits per heavy atom. The molecule has 0 heterocycles. The van der Waals surface area contributed by atoms with Crippen LogP contribution in [0, 0.1) is 0 Å². The molecule has 1 aliphatic rings. The first-order valence-electron chi connectivity index (χ1n) is 4.01. The van der Waals surface area contributed by atoms with Crippen molar-refractivity contribution in [2.24, 2.45) is 0 Å². The Hall–Kier alpha value is -0.350. The molecule has 0 aromatic carbocycles. The van der Waals surface area contributed by atoms with E-state index in [1.165, 1.54) is 18.2 Å². The van der Waals surface area contributed by atoms with Gasteiger partial charge >= 0.3 is 0 Å². The van der Waals surface area contributed by atoms with E-state index in [1.54, 1.807) is 0 Å². The second-order valence-electron chi connectivity index (χ2n) is 2.89. The highest BCUT2D eigenvalue weighted by Gasteiger charge is 1.97. The number of allylic oxidation sites excluding steroid dienone is 6. The Morgan fingerprint density at radius 1 is 1.18 bits per heavy atom. The summed E-state index contributed by atoms with van der Waals surface area (Å²) in [6.07, 6.45) is 13.5. The molecule has 0 bridgehead atoms. The Morgan fingerprint density at radius 3 is 2.73 bits per heavy atom. The van der Waals surface area contributed by atoms with Crippen LogP contribution in [0.15, 0.2) is 35.7 Å². The van der Waals surface area contributed by atoms with Crippen LogP contribution in [-0.2, 0) is 0 Å². The predicted octanol–water partition coefficient (Wildman–Crippen LogP) is 3.52. The third-order valence-electron chi connectivity index (χ3n) is 1.72. The fourth-order valence-electron chi connectivity index (χ4n) is 1.06. The summed E-state index contributed by atoms with van der Waals surface area (Å²) in [5.41, 5.74) is 0. The van der Waals surface area contributed by atoms with Crippen molar-refractivity contribution in [2.75, 3.05) is 13.3 Å². The Kier molecular flexibility index (Phi) is 3.59. The summed E-state index contributed by atoms with van der Waals surface area (Å²) in [5.74, 6) is 0. The van der Waals surface area contributed by atoms with Crippen LogP contribution in [0.4, 0.5) is 0 Å². The zero-order valence-corrected chi connectivity index (χ0v) is 8.14. The quantitative estimate of drug-likeness (QED) is 0.523. The molecule has 0 fully saturated rings. The lowest BCUT2D eigenvalue weighted by Crippen LogP contribution is -1.77. The van der Waals surface area contributed by atoms with Crippen molar-refractivity contribution in [3.63, 3.8) is 0 Å². The average Bonchev–Trinajstić information content (AvgIpc) is 1.84. The molecular weight excluding hydrogens is 151 g/mol. The van der Waals surface area contributed by atoms with Gasteiger partial charge in [-0.1, -0.05) is 38.3 Å². The molecule has 0 radical (unpaired) electrons. The third kappa shape index (κ3) is 3.03. The monoisotopic (exact) mass is 166 g/mol. The standard InChI is InChI=1S/C10H15P/c1-11(2)10-8-6-4-3-5-7-9-10/h3-4,6,8-9H,5,7H2,1-2H3/b4-3-,8-6-,10-9?. The maximum Gasteiger partial charge on any atom is -0.0285 e. The molecule has 1 rings (SSSR count). The van der Waals surface area contributed by atoms with Gasteiger partial charge in [0.05, 0.1) is 0 Å². The zero-order chi connectivity index (χ0) is 8.10. The van der Waals surface area contributed by atoms with Gasteiger partial charge in [-0.3, -0.25) is 0 Å². The van der Waals surface area contributed by atoms with Crippen molar-refractivity contribution in [2.45, 2.75) is 12.8 Å². The van der Waals surface area contributed by atoms with Gasteiger partial charge in [0.15, 0.2) is 0 Å². The molecule has 0 saturated heterocycles. The fraction of sp³-hybridized carbons (Fsp3) is 0.400. The summed E-state index contributed by atoms with van der Waals surface area (Å²) >= 11 is 0. The highest BCUT2D eigenvalue weighted by Crippen LogP contribution is 2.37. The SMILES string of the molecule is CP(C)C1=CCC/C=C\C=C/1. The minimum Gasteiger partial charge on any atom is -0.0842 e. The van der Waals surface area contributed by atoms with Crippen molar-refractivity contribution in [3.05, 3.63) is 35.7 Å². The van der Waals surface area contributed by atoms with E-state index in [0.717, 1.165) is 0 Å². The number of rotatable bonds is 1. The normalized spacial score (nSPS) is 23.7. The molecule has 0 unspecified atom stereocenters. The van der Waals surface area contributed by atoms with Gasteiger partial charge in [0.1, 0.15) is 0 Å². The molecule has 0 aromatic heterocycles. The van der Waals surface area contributed by atoms with Gasteiger partial charge in [0.25, 0.3) is 0 Å². The van der Waals surface area contributed by atoms with Crippen molar-refractivity contribution < 1.29 is 0 Å². The van der Waals surface area contributed by atoms with Crippen LogP contribution in [0.3, 0.4) is 0 Å². The second-order valence-corrected chi connectivity index (χ2v) is 5.19. The van der Waals surface area contributed by atoms with E-state index in [0.29, 0.717) is 0 Å². The molecule has 11 heavy (non-hydrogen) atoms. The topological polar surface area (TPSA) is 0 Å². The second kappa shape index (κ2) is 4.51. The van der Waals surface area contributed by atoms with Gasteiger partial charge in [-0.15, -0.1) is 0 Å².